The van der Waals surface area contributed by atoms with Gasteiger partial charge in [-0.3, -0.25) is 0 Å². The highest BCUT2D eigenvalue weighted by Gasteiger charge is 2.04. The largest absolute Gasteiger partial charge is 0.338 e. The molecule has 1 heterocycles. The molecule has 0 aliphatic heterocycles. The van der Waals surface area contributed by atoms with Gasteiger partial charge in [-0.1, -0.05) is 11.6 Å². The molecule has 2 aromatic rings. The topological polar surface area (TPSA) is 24.9 Å². The summed E-state index contributed by atoms with van der Waals surface area (Å²) in [6.45, 7) is 0. The van der Waals surface area contributed by atoms with Crippen molar-refractivity contribution in [1.82, 2.24) is 4.98 Å². The van der Waals surface area contributed by atoms with E-state index in [1.54, 1.807) is 6.20 Å². The van der Waals surface area contributed by atoms with Crippen molar-refractivity contribution in [2.24, 2.45) is 0 Å². The van der Waals surface area contributed by atoms with E-state index in [2.05, 4.69) is 48.8 Å². The number of pyridine rings is 1. The summed E-state index contributed by atoms with van der Waals surface area (Å²) in [4.78, 5) is 4.24. The molecule has 0 saturated heterocycles. The Morgan fingerprint density at radius 3 is 2.81 bits per heavy atom. The molecule has 16 heavy (non-hydrogen) atoms. The molecule has 0 aliphatic carbocycles. The minimum Gasteiger partial charge on any atom is -0.338 e. The minimum absolute atomic E-state index is 0.732. The number of hydrogen-bond acceptors (Lipinski definition) is 2. The van der Waals surface area contributed by atoms with Crippen molar-refractivity contribution in [3.8, 4) is 0 Å². The van der Waals surface area contributed by atoms with Crippen LogP contribution in [0.15, 0.2) is 41.0 Å². The van der Waals surface area contributed by atoms with Crippen LogP contribution in [-0.4, -0.2) is 4.98 Å². The zero-order valence-electron chi connectivity index (χ0n) is 8.05. The highest BCUT2D eigenvalue weighted by molar-refractivity contribution is 14.1. The maximum atomic E-state index is 5.89. The Bertz CT molecular complexity index is 519. The van der Waals surface area contributed by atoms with E-state index in [0.29, 0.717) is 0 Å². The van der Waals surface area contributed by atoms with Gasteiger partial charge in [-0.25, -0.2) is 4.98 Å². The molecule has 0 aliphatic rings. The van der Waals surface area contributed by atoms with Crippen molar-refractivity contribution >= 4 is 61.6 Å². The summed E-state index contributed by atoms with van der Waals surface area (Å²) >= 11 is 11.6. The van der Waals surface area contributed by atoms with Crippen LogP contribution in [0, 0.1) is 3.57 Å². The monoisotopic (exact) mass is 408 g/mol. The van der Waals surface area contributed by atoms with Crippen molar-refractivity contribution in [1.29, 1.82) is 0 Å². The predicted molar refractivity (Wildman–Crippen MR) is 79.4 cm³/mol. The standard InChI is InChI=1S/C11H7BrClIN2/c12-8-2-1-5-15-11(8)16-10-4-3-7(13)6-9(10)14/h1-6H,(H,15,16). The van der Waals surface area contributed by atoms with Crippen molar-refractivity contribution < 1.29 is 0 Å². The Labute approximate surface area is 121 Å². The number of nitrogens with zero attached hydrogens (tertiary/aromatic N) is 1. The molecule has 0 fully saturated rings. The first-order valence-electron chi connectivity index (χ1n) is 4.49. The average molecular weight is 409 g/mol. The molecule has 0 unspecified atom stereocenters. The van der Waals surface area contributed by atoms with Crippen LogP contribution in [0.25, 0.3) is 0 Å². The summed E-state index contributed by atoms with van der Waals surface area (Å²) in [5.41, 5.74) is 0.990. The molecule has 5 heteroatoms. The zero-order chi connectivity index (χ0) is 11.5. The first-order valence-corrected chi connectivity index (χ1v) is 6.74. The first-order chi connectivity index (χ1) is 7.66. The van der Waals surface area contributed by atoms with Crippen molar-refractivity contribution in [2.75, 3.05) is 5.32 Å². The second kappa shape index (κ2) is 5.33. The third-order valence-corrected chi connectivity index (χ3v) is 3.71. The molecular weight excluding hydrogens is 402 g/mol. The van der Waals surface area contributed by atoms with Crippen LogP contribution in [0.3, 0.4) is 0 Å². The number of anilines is 2. The van der Waals surface area contributed by atoms with Gasteiger partial charge in [-0.05, 0) is 68.9 Å². The third-order valence-electron chi connectivity index (χ3n) is 1.94. The van der Waals surface area contributed by atoms with E-state index < -0.39 is 0 Å². The van der Waals surface area contributed by atoms with Crippen molar-refractivity contribution in [3.63, 3.8) is 0 Å². The Hall–Kier alpha value is -0.330. The normalized spacial score (nSPS) is 10.2. The molecule has 0 bridgehead atoms. The van der Waals surface area contributed by atoms with E-state index in [1.165, 1.54) is 0 Å². The minimum atomic E-state index is 0.732. The lowest BCUT2D eigenvalue weighted by Gasteiger charge is -2.09. The summed E-state index contributed by atoms with van der Waals surface area (Å²) in [7, 11) is 0. The third kappa shape index (κ3) is 2.87. The lowest BCUT2D eigenvalue weighted by Crippen LogP contribution is -1.96. The number of benzene rings is 1. The molecule has 0 radical (unpaired) electrons. The van der Waals surface area contributed by atoms with Crippen LogP contribution in [0.4, 0.5) is 11.5 Å². The van der Waals surface area contributed by atoms with Gasteiger partial charge in [0.25, 0.3) is 0 Å². The van der Waals surface area contributed by atoms with Crippen LogP contribution in [-0.2, 0) is 0 Å². The molecule has 0 amide bonds. The van der Waals surface area contributed by atoms with Gasteiger partial charge in [-0.2, -0.15) is 0 Å². The first kappa shape index (κ1) is 12.1. The maximum Gasteiger partial charge on any atom is 0.144 e. The lowest BCUT2D eigenvalue weighted by atomic mass is 10.3. The summed E-state index contributed by atoms with van der Waals surface area (Å²) in [5, 5.41) is 3.98. The second-order valence-electron chi connectivity index (χ2n) is 3.08. The van der Waals surface area contributed by atoms with Gasteiger partial charge >= 0.3 is 0 Å². The van der Waals surface area contributed by atoms with Gasteiger partial charge in [0.05, 0.1) is 10.2 Å². The van der Waals surface area contributed by atoms with Gasteiger partial charge < -0.3 is 5.32 Å². The summed E-state index contributed by atoms with van der Waals surface area (Å²) in [6.07, 6.45) is 1.75. The van der Waals surface area contributed by atoms with Crippen LogP contribution in [0.1, 0.15) is 0 Å². The molecular formula is C11H7BrClIN2. The van der Waals surface area contributed by atoms with E-state index in [-0.39, 0.29) is 0 Å². The summed E-state index contributed by atoms with van der Waals surface area (Å²) in [5.74, 6) is 0.794. The molecule has 1 aromatic carbocycles. The van der Waals surface area contributed by atoms with Crippen LogP contribution < -0.4 is 5.32 Å². The fourth-order valence-corrected chi connectivity index (χ4v) is 2.56. The number of rotatable bonds is 2. The molecule has 2 rings (SSSR count). The Morgan fingerprint density at radius 2 is 2.12 bits per heavy atom. The molecule has 1 N–H and O–H groups in total. The summed E-state index contributed by atoms with van der Waals surface area (Å²) < 4.78 is 1.99. The van der Waals surface area contributed by atoms with Gasteiger partial charge in [-0.15, -0.1) is 0 Å². The van der Waals surface area contributed by atoms with Gasteiger partial charge in [0, 0.05) is 14.8 Å². The highest BCUT2D eigenvalue weighted by atomic mass is 127. The Kier molecular flexibility index (Phi) is 4.05. The number of hydrogen-bond donors (Lipinski definition) is 1. The molecule has 1 aromatic heterocycles. The van der Waals surface area contributed by atoms with Crippen molar-refractivity contribution in [2.45, 2.75) is 0 Å². The summed E-state index contributed by atoms with van der Waals surface area (Å²) in [6, 6.07) is 9.51. The number of halogens is 3. The number of nitrogens with one attached hydrogen (secondary N) is 1. The molecule has 0 saturated carbocycles. The van der Waals surface area contributed by atoms with Gasteiger partial charge in [0.1, 0.15) is 5.82 Å². The quantitative estimate of drug-likeness (QED) is 0.718. The van der Waals surface area contributed by atoms with E-state index in [4.69, 9.17) is 11.6 Å². The van der Waals surface area contributed by atoms with Gasteiger partial charge in [0.2, 0.25) is 0 Å². The fourth-order valence-electron chi connectivity index (χ4n) is 1.20. The Balaban J connectivity index is 2.31. The van der Waals surface area contributed by atoms with Crippen LogP contribution in [0.2, 0.25) is 5.02 Å². The van der Waals surface area contributed by atoms with E-state index >= 15 is 0 Å². The van der Waals surface area contributed by atoms with Crippen LogP contribution in [0.5, 0.6) is 0 Å². The highest BCUT2D eigenvalue weighted by Crippen LogP contribution is 2.27. The predicted octanol–water partition coefficient (Wildman–Crippen LogP) is 4.85. The van der Waals surface area contributed by atoms with Crippen LogP contribution >= 0.6 is 50.1 Å². The zero-order valence-corrected chi connectivity index (χ0v) is 12.5. The average Bonchev–Trinajstić information content (AvgIpc) is 2.25. The molecule has 0 spiro atoms. The van der Waals surface area contributed by atoms with Crippen molar-refractivity contribution in [3.05, 3.63) is 49.6 Å². The number of aromatic nitrogens is 1. The molecule has 0 atom stereocenters. The van der Waals surface area contributed by atoms with E-state index in [1.807, 2.05) is 30.3 Å². The fraction of sp³-hybridized carbons (Fsp3) is 0. The SMILES string of the molecule is Clc1ccc(Nc2ncccc2Br)c(I)c1. The maximum absolute atomic E-state index is 5.89. The van der Waals surface area contributed by atoms with E-state index in [9.17, 15) is 0 Å². The Morgan fingerprint density at radius 1 is 1.31 bits per heavy atom. The molecule has 2 nitrogen and oxygen atoms in total. The van der Waals surface area contributed by atoms with E-state index in [0.717, 1.165) is 24.6 Å². The molecule has 82 valence electrons. The smallest absolute Gasteiger partial charge is 0.144 e. The lowest BCUT2D eigenvalue weighted by molar-refractivity contribution is 1.29. The second-order valence-corrected chi connectivity index (χ2v) is 5.54. The van der Waals surface area contributed by atoms with Gasteiger partial charge in [0.15, 0.2) is 0 Å².